The third kappa shape index (κ3) is 5.02. The summed E-state index contributed by atoms with van der Waals surface area (Å²) >= 11 is 0. The third-order valence-electron chi connectivity index (χ3n) is 3.07. The van der Waals surface area contributed by atoms with E-state index in [0.717, 1.165) is 36.6 Å². The Morgan fingerprint density at radius 3 is 2.57 bits per heavy atom. The second kappa shape index (κ2) is 7.57. The highest BCUT2D eigenvalue weighted by Gasteiger charge is 2.06. The lowest BCUT2D eigenvalue weighted by molar-refractivity contribution is 0.626. The summed E-state index contributed by atoms with van der Waals surface area (Å²) in [6.07, 6.45) is 3.40. The lowest BCUT2D eigenvalue weighted by atomic mass is 10.1. The van der Waals surface area contributed by atoms with Crippen LogP contribution in [0.1, 0.15) is 25.8 Å². The van der Waals surface area contributed by atoms with Crippen LogP contribution in [0.5, 0.6) is 0 Å². The van der Waals surface area contributed by atoms with E-state index in [-0.39, 0.29) is 11.9 Å². The normalized spacial score (nSPS) is 12.0. The number of nitrogens with zero attached hydrogens (tertiary/aromatic N) is 2. The number of rotatable bonds is 7. The lowest BCUT2D eigenvalue weighted by Gasteiger charge is -2.15. The maximum absolute atomic E-state index is 12.9. The molecule has 0 amide bonds. The molecule has 1 aromatic carbocycles. The minimum atomic E-state index is -0.207. The Kier molecular flexibility index (Phi) is 5.49. The molecule has 1 unspecified atom stereocenters. The number of hydrogen-bond acceptors (Lipinski definition) is 4. The van der Waals surface area contributed by atoms with Crippen molar-refractivity contribution in [1.29, 1.82) is 0 Å². The van der Waals surface area contributed by atoms with Gasteiger partial charge in [0.25, 0.3) is 0 Å². The Morgan fingerprint density at radius 2 is 1.86 bits per heavy atom. The fourth-order valence-corrected chi connectivity index (χ4v) is 2.06. The summed E-state index contributed by atoms with van der Waals surface area (Å²) in [6.45, 7) is 5.07. The highest BCUT2D eigenvalue weighted by Crippen LogP contribution is 2.12. The molecule has 5 heteroatoms. The average molecular weight is 288 g/mol. The zero-order chi connectivity index (χ0) is 15.1. The maximum Gasteiger partial charge on any atom is 0.131 e. The Hall–Kier alpha value is -2.17. The number of hydrogen-bond donors (Lipinski definition) is 2. The fourth-order valence-electron chi connectivity index (χ4n) is 2.06. The summed E-state index contributed by atoms with van der Waals surface area (Å²) in [5, 5.41) is 6.57. The van der Waals surface area contributed by atoms with Gasteiger partial charge in [0.15, 0.2) is 0 Å². The Labute approximate surface area is 124 Å². The van der Waals surface area contributed by atoms with Gasteiger partial charge in [-0.25, -0.2) is 14.4 Å². The van der Waals surface area contributed by atoms with Crippen LogP contribution < -0.4 is 10.6 Å². The molecule has 0 aliphatic rings. The van der Waals surface area contributed by atoms with Crippen molar-refractivity contribution in [2.24, 2.45) is 0 Å². The van der Waals surface area contributed by atoms with Crippen molar-refractivity contribution in [2.75, 3.05) is 17.2 Å². The number of benzene rings is 1. The minimum absolute atomic E-state index is 0.199. The molecule has 21 heavy (non-hydrogen) atoms. The van der Waals surface area contributed by atoms with Crippen molar-refractivity contribution in [3.63, 3.8) is 0 Å². The van der Waals surface area contributed by atoms with Gasteiger partial charge in [-0.2, -0.15) is 0 Å². The van der Waals surface area contributed by atoms with E-state index in [1.807, 2.05) is 18.2 Å². The van der Waals surface area contributed by atoms with Gasteiger partial charge >= 0.3 is 0 Å². The van der Waals surface area contributed by atoms with E-state index < -0.39 is 0 Å². The second-order valence-corrected chi connectivity index (χ2v) is 5.09. The average Bonchev–Trinajstić information content (AvgIpc) is 2.48. The molecule has 0 bridgehead atoms. The van der Waals surface area contributed by atoms with Crippen LogP contribution >= 0.6 is 0 Å². The van der Waals surface area contributed by atoms with Crippen LogP contribution in [0.4, 0.5) is 16.0 Å². The molecule has 0 saturated carbocycles. The number of halogens is 1. The monoisotopic (exact) mass is 288 g/mol. The molecule has 1 atom stereocenters. The van der Waals surface area contributed by atoms with Gasteiger partial charge in [0.2, 0.25) is 0 Å². The van der Waals surface area contributed by atoms with Crippen LogP contribution in [-0.4, -0.2) is 22.6 Å². The van der Waals surface area contributed by atoms with Crippen LogP contribution in [0.25, 0.3) is 0 Å². The van der Waals surface area contributed by atoms with Crippen molar-refractivity contribution in [3.8, 4) is 0 Å². The SMILES string of the molecule is CCCNc1cc(NC(C)Cc2ccc(F)cc2)ncn1. The van der Waals surface area contributed by atoms with Crippen molar-refractivity contribution < 1.29 is 4.39 Å². The largest absolute Gasteiger partial charge is 0.370 e. The Balaban J connectivity index is 1.92. The van der Waals surface area contributed by atoms with Gasteiger partial charge in [-0.1, -0.05) is 19.1 Å². The summed E-state index contributed by atoms with van der Waals surface area (Å²) in [7, 11) is 0. The van der Waals surface area contributed by atoms with Gasteiger partial charge in [-0.05, 0) is 37.5 Å². The minimum Gasteiger partial charge on any atom is -0.370 e. The van der Waals surface area contributed by atoms with E-state index in [2.05, 4.69) is 34.4 Å². The van der Waals surface area contributed by atoms with Gasteiger partial charge in [0.1, 0.15) is 23.8 Å². The molecule has 0 aliphatic carbocycles. The van der Waals surface area contributed by atoms with Crippen LogP contribution in [0.3, 0.4) is 0 Å². The molecule has 4 nitrogen and oxygen atoms in total. The third-order valence-corrected chi connectivity index (χ3v) is 3.07. The summed E-state index contributed by atoms with van der Waals surface area (Å²) in [6, 6.07) is 8.68. The lowest BCUT2D eigenvalue weighted by Crippen LogP contribution is -2.19. The molecule has 1 heterocycles. The summed E-state index contributed by atoms with van der Waals surface area (Å²) < 4.78 is 12.9. The van der Waals surface area contributed by atoms with E-state index in [1.54, 1.807) is 6.33 Å². The highest BCUT2D eigenvalue weighted by atomic mass is 19.1. The maximum atomic E-state index is 12.9. The van der Waals surface area contributed by atoms with Gasteiger partial charge in [0, 0.05) is 18.7 Å². The van der Waals surface area contributed by atoms with Crippen LogP contribution in [-0.2, 0) is 6.42 Å². The first-order valence-electron chi connectivity index (χ1n) is 7.24. The van der Waals surface area contributed by atoms with Crippen molar-refractivity contribution in [1.82, 2.24) is 9.97 Å². The molecular formula is C16H21FN4. The number of nitrogens with one attached hydrogen (secondary N) is 2. The topological polar surface area (TPSA) is 49.8 Å². The quantitative estimate of drug-likeness (QED) is 0.819. The van der Waals surface area contributed by atoms with E-state index in [9.17, 15) is 4.39 Å². The van der Waals surface area contributed by atoms with Gasteiger partial charge in [-0.3, -0.25) is 0 Å². The number of anilines is 2. The van der Waals surface area contributed by atoms with Crippen LogP contribution in [0, 0.1) is 5.82 Å². The standard InChI is InChI=1S/C16H21FN4/c1-3-8-18-15-10-16(20-11-19-15)21-12(2)9-13-4-6-14(17)7-5-13/h4-7,10-12H,3,8-9H2,1-2H3,(H2,18,19,20,21). The molecule has 1 aromatic heterocycles. The van der Waals surface area contributed by atoms with Gasteiger partial charge in [0.05, 0.1) is 0 Å². The predicted molar refractivity (Wildman–Crippen MR) is 84.0 cm³/mol. The van der Waals surface area contributed by atoms with Crippen LogP contribution in [0.15, 0.2) is 36.7 Å². The van der Waals surface area contributed by atoms with Crippen molar-refractivity contribution in [3.05, 3.63) is 48.0 Å². The zero-order valence-corrected chi connectivity index (χ0v) is 12.4. The Morgan fingerprint density at radius 1 is 1.14 bits per heavy atom. The predicted octanol–water partition coefficient (Wildman–Crippen LogP) is 3.48. The van der Waals surface area contributed by atoms with Crippen LogP contribution in [0.2, 0.25) is 0 Å². The molecule has 112 valence electrons. The van der Waals surface area contributed by atoms with Gasteiger partial charge in [-0.15, -0.1) is 0 Å². The highest BCUT2D eigenvalue weighted by molar-refractivity contribution is 5.47. The molecule has 0 saturated heterocycles. The Bertz CT molecular complexity index is 556. The van der Waals surface area contributed by atoms with Crippen molar-refractivity contribution >= 4 is 11.6 Å². The van der Waals surface area contributed by atoms with E-state index in [4.69, 9.17) is 0 Å². The second-order valence-electron chi connectivity index (χ2n) is 5.09. The molecule has 0 spiro atoms. The molecule has 0 aliphatic heterocycles. The van der Waals surface area contributed by atoms with E-state index >= 15 is 0 Å². The smallest absolute Gasteiger partial charge is 0.131 e. The summed E-state index contributed by atoms with van der Waals surface area (Å²) in [5.74, 6) is 1.41. The molecule has 2 N–H and O–H groups in total. The molecule has 2 aromatic rings. The first-order chi connectivity index (χ1) is 10.2. The summed E-state index contributed by atoms with van der Waals surface area (Å²) in [4.78, 5) is 8.39. The first-order valence-corrected chi connectivity index (χ1v) is 7.24. The zero-order valence-electron chi connectivity index (χ0n) is 12.4. The molecule has 0 radical (unpaired) electrons. The van der Waals surface area contributed by atoms with Crippen molar-refractivity contribution in [2.45, 2.75) is 32.7 Å². The van der Waals surface area contributed by atoms with Gasteiger partial charge < -0.3 is 10.6 Å². The number of aromatic nitrogens is 2. The molecule has 2 rings (SSSR count). The fraction of sp³-hybridized carbons (Fsp3) is 0.375. The molecular weight excluding hydrogens is 267 g/mol. The van der Waals surface area contributed by atoms with E-state index in [0.29, 0.717) is 0 Å². The van der Waals surface area contributed by atoms with E-state index in [1.165, 1.54) is 12.1 Å². The first kappa shape index (κ1) is 15.2. The summed E-state index contributed by atoms with van der Waals surface area (Å²) in [5.41, 5.74) is 1.09. The molecule has 0 fully saturated rings.